The van der Waals surface area contributed by atoms with Gasteiger partial charge in [0.1, 0.15) is 6.61 Å². The third-order valence-electron chi connectivity index (χ3n) is 4.69. The summed E-state index contributed by atoms with van der Waals surface area (Å²) in [6.45, 7) is 0.513. The number of alkyl halides is 2. The van der Waals surface area contributed by atoms with Crippen LogP contribution in [0.5, 0.6) is 5.75 Å². The smallest absolute Gasteiger partial charge is 0.387 e. The number of amides is 1. The number of halogens is 2. The lowest BCUT2D eigenvalue weighted by molar-refractivity contribution is -0.125. The van der Waals surface area contributed by atoms with Crippen LogP contribution in [-0.2, 0) is 22.4 Å². The van der Waals surface area contributed by atoms with Crippen molar-refractivity contribution >= 4 is 17.3 Å². The van der Waals surface area contributed by atoms with E-state index in [1.54, 1.807) is 12.1 Å². The average molecular weight is 390 g/mol. The number of hydrogen-bond acceptors (Lipinski definition) is 4. The third-order valence-corrected chi connectivity index (χ3v) is 4.69. The van der Waals surface area contributed by atoms with E-state index in [0.717, 1.165) is 12.8 Å². The molecule has 0 atom stereocenters. The van der Waals surface area contributed by atoms with E-state index in [1.165, 1.54) is 22.1 Å². The number of aryl methyl sites for hydroxylation is 1. The molecule has 0 saturated carbocycles. The number of nitrogens with zero attached hydrogens (tertiary/aromatic N) is 1. The average Bonchev–Trinajstić information content (AvgIpc) is 2.69. The van der Waals surface area contributed by atoms with Crippen molar-refractivity contribution in [1.29, 1.82) is 0 Å². The maximum absolute atomic E-state index is 12.9. The number of hydrogen-bond donors (Lipinski definition) is 1. The molecule has 1 fully saturated rings. The largest absolute Gasteiger partial charge is 0.433 e. The summed E-state index contributed by atoms with van der Waals surface area (Å²) < 4.78 is 35.6. The second-order valence-electron chi connectivity index (χ2n) is 6.46. The molecule has 0 aromatic heterocycles. The first-order chi connectivity index (χ1) is 13.6. The molecule has 1 heterocycles. The molecule has 1 N–H and O–H groups in total. The van der Waals surface area contributed by atoms with Gasteiger partial charge in [0.2, 0.25) is 0 Å². The van der Waals surface area contributed by atoms with Gasteiger partial charge in [-0.3, -0.25) is 4.79 Å². The number of morpholine rings is 1. The zero-order valence-corrected chi connectivity index (χ0v) is 15.8. The van der Waals surface area contributed by atoms with E-state index in [2.05, 4.69) is 24.4 Å². The van der Waals surface area contributed by atoms with Crippen LogP contribution < -0.4 is 15.0 Å². The van der Waals surface area contributed by atoms with Gasteiger partial charge in [-0.2, -0.15) is 8.78 Å². The van der Waals surface area contributed by atoms with Crippen LogP contribution in [0, 0.1) is 0 Å². The molecule has 1 aliphatic heterocycles. The van der Waals surface area contributed by atoms with Crippen LogP contribution in [0.1, 0.15) is 18.1 Å². The highest BCUT2D eigenvalue weighted by Gasteiger charge is 2.22. The molecule has 0 spiro atoms. The molecule has 2 aromatic carbocycles. The number of ether oxygens (including phenoxy) is 2. The standard InChI is InChI=1S/C21H24F2N2O3/c1-2-15-5-3-4-6-16(15)9-10-24-18-8-7-17(13-19(18)28-21(22)23)25-11-12-27-14-20(25)26/h3-8,13,21,24H,2,9-12,14H2,1H3. The van der Waals surface area contributed by atoms with Crippen molar-refractivity contribution in [3.05, 3.63) is 53.6 Å². The Hall–Kier alpha value is -2.67. The molecule has 5 nitrogen and oxygen atoms in total. The van der Waals surface area contributed by atoms with Gasteiger partial charge in [0.05, 0.1) is 12.3 Å². The SMILES string of the molecule is CCc1ccccc1CCNc1ccc(N2CCOCC2=O)cc1OC(F)F. The summed E-state index contributed by atoms with van der Waals surface area (Å²) in [4.78, 5) is 13.5. The van der Waals surface area contributed by atoms with Crippen LogP contribution in [0.25, 0.3) is 0 Å². The van der Waals surface area contributed by atoms with Crippen LogP contribution in [0.3, 0.4) is 0 Å². The van der Waals surface area contributed by atoms with Crippen molar-refractivity contribution < 1.29 is 23.0 Å². The number of nitrogens with one attached hydrogen (secondary N) is 1. The quantitative estimate of drug-likeness (QED) is 0.744. The second-order valence-corrected chi connectivity index (χ2v) is 6.46. The second kappa shape index (κ2) is 9.50. The Labute approximate surface area is 163 Å². The highest BCUT2D eigenvalue weighted by molar-refractivity contribution is 5.95. The molecule has 3 rings (SSSR count). The van der Waals surface area contributed by atoms with Crippen molar-refractivity contribution in [2.45, 2.75) is 26.4 Å². The van der Waals surface area contributed by atoms with Gasteiger partial charge >= 0.3 is 6.61 Å². The lowest BCUT2D eigenvalue weighted by atomic mass is 10.0. The van der Waals surface area contributed by atoms with Gasteiger partial charge < -0.3 is 19.7 Å². The number of rotatable bonds is 8. The van der Waals surface area contributed by atoms with Gasteiger partial charge in [-0.15, -0.1) is 0 Å². The van der Waals surface area contributed by atoms with Gasteiger partial charge in [0.25, 0.3) is 5.91 Å². The van der Waals surface area contributed by atoms with Crippen molar-refractivity contribution in [3.63, 3.8) is 0 Å². The molecule has 150 valence electrons. The van der Waals surface area contributed by atoms with Crippen LogP contribution in [0.2, 0.25) is 0 Å². The Morgan fingerprint density at radius 3 is 2.71 bits per heavy atom. The molecule has 0 radical (unpaired) electrons. The summed E-state index contributed by atoms with van der Waals surface area (Å²) in [6.07, 6.45) is 1.71. The van der Waals surface area contributed by atoms with E-state index in [1.807, 2.05) is 12.1 Å². The highest BCUT2D eigenvalue weighted by Crippen LogP contribution is 2.32. The van der Waals surface area contributed by atoms with Crippen molar-refractivity contribution in [2.24, 2.45) is 0 Å². The zero-order chi connectivity index (χ0) is 19.9. The summed E-state index contributed by atoms with van der Waals surface area (Å²) >= 11 is 0. The Kier molecular flexibility index (Phi) is 6.81. The summed E-state index contributed by atoms with van der Waals surface area (Å²) in [5.41, 5.74) is 3.49. The number of carbonyl (C=O) groups is 1. The Balaban J connectivity index is 1.73. The normalized spacial score (nSPS) is 14.4. The molecule has 0 unspecified atom stereocenters. The lowest BCUT2D eigenvalue weighted by Crippen LogP contribution is -2.41. The fraction of sp³-hybridized carbons (Fsp3) is 0.381. The molecule has 0 bridgehead atoms. The van der Waals surface area contributed by atoms with Gasteiger partial charge in [-0.25, -0.2) is 0 Å². The Bertz CT molecular complexity index is 814. The minimum atomic E-state index is -2.95. The minimum Gasteiger partial charge on any atom is -0.433 e. The van der Waals surface area contributed by atoms with E-state index in [0.29, 0.717) is 31.1 Å². The van der Waals surface area contributed by atoms with E-state index >= 15 is 0 Å². The van der Waals surface area contributed by atoms with Crippen molar-refractivity contribution in [3.8, 4) is 5.75 Å². The van der Waals surface area contributed by atoms with Crippen LogP contribution in [-0.4, -0.2) is 38.8 Å². The number of anilines is 2. The van der Waals surface area contributed by atoms with Crippen molar-refractivity contribution in [1.82, 2.24) is 0 Å². The summed E-state index contributed by atoms with van der Waals surface area (Å²) in [5, 5.41) is 3.17. The summed E-state index contributed by atoms with van der Waals surface area (Å²) in [7, 11) is 0. The van der Waals surface area contributed by atoms with Crippen LogP contribution >= 0.6 is 0 Å². The number of carbonyl (C=O) groups excluding carboxylic acids is 1. The van der Waals surface area contributed by atoms with Crippen molar-refractivity contribution in [2.75, 3.05) is 36.5 Å². The Morgan fingerprint density at radius 1 is 1.21 bits per heavy atom. The van der Waals surface area contributed by atoms with Gasteiger partial charge in [0.15, 0.2) is 5.75 Å². The molecular formula is C21H24F2N2O3. The first-order valence-electron chi connectivity index (χ1n) is 9.36. The molecule has 28 heavy (non-hydrogen) atoms. The van der Waals surface area contributed by atoms with Gasteiger partial charge in [-0.05, 0) is 36.1 Å². The fourth-order valence-corrected chi connectivity index (χ4v) is 3.29. The molecule has 1 amide bonds. The number of benzene rings is 2. The monoisotopic (exact) mass is 390 g/mol. The summed E-state index contributed by atoms with van der Waals surface area (Å²) in [5.74, 6) is -0.179. The lowest BCUT2D eigenvalue weighted by Gasteiger charge is -2.27. The molecule has 2 aromatic rings. The predicted molar refractivity (Wildman–Crippen MR) is 104 cm³/mol. The van der Waals surface area contributed by atoms with Gasteiger partial charge in [-0.1, -0.05) is 31.2 Å². The van der Waals surface area contributed by atoms with Gasteiger partial charge in [0, 0.05) is 24.8 Å². The molecule has 1 saturated heterocycles. The minimum absolute atomic E-state index is 0.0120. The zero-order valence-electron chi connectivity index (χ0n) is 15.8. The van der Waals surface area contributed by atoms with Crippen LogP contribution in [0.15, 0.2) is 42.5 Å². The first-order valence-corrected chi connectivity index (χ1v) is 9.36. The van der Waals surface area contributed by atoms with E-state index in [-0.39, 0.29) is 18.3 Å². The third kappa shape index (κ3) is 4.98. The van der Waals surface area contributed by atoms with Crippen LogP contribution in [0.4, 0.5) is 20.2 Å². The maximum atomic E-state index is 12.9. The maximum Gasteiger partial charge on any atom is 0.387 e. The van der Waals surface area contributed by atoms with E-state index in [9.17, 15) is 13.6 Å². The van der Waals surface area contributed by atoms with E-state index in [4.69, 9.17) is 9.47 Å². The molecular weight excluding hydrogens is 366 g/mol. The molecule has 1 aliphatic rings. The predicted octanol–water partition coefficient (Wildman–Crippen LogP) is 3.87. The Morgan fingerprint density at radius 2 is 2.00 bits per heavy atom. The summed E-state index contributed by atoms with van der Waals surface area (Å²) in [6, 6.07) is 13.0. The topological polar surface area (TPSA) is 50.8 Å². The van der Waals surface area contributed by atoms with E-state index < -0.39 is 6.61 Å². The highest BCUT2D eigenvalue weighted by atomic mass is 19.3. The molecule has 7 heteroatoms. The molecule has 0 aliphatic carbocycles. The fourth-order valence-electron chi connectivity index (χ4n) is 3.29. The first kappa shape index (κ1) is 20.1.